The molecule has 1 N–H and O–H groups in total. The summed E-state index contributed by atoms with van der Waals surface area (Å²) in [5.74, 6) is 0. The molecule has 0 saturated heterocycles. The molecular formula is C50H33N3. The standard InChI is InChI=1S/C50H33N3/c1-3-14-37(15-4-1)52(40-27-29-48-43(32-40)42-19-9-10-21-47(42)53(48)38-16-5-2-6-17-38)39-25-22-33(23-26-39)36-30-35-13-11-20-45-49(35)44(31-36)50-41-18-8-7-12-34(41)24-28-46(50)51-45/h1-32,51H. The van der Waals surface area contributed by atoms with E-state index in [1.807, 2.05) is 0 Å². The van der Waals surface area contributed by atoms with Crippen molar-refractivity contribution >= 4 is 71.8 Å². The first-order valence-electron chi connectivity index (χ1n) is 18.2. The summed E-state index contributed by atoms with van der Waals surface area (Å²) in [4.78, 5) is 2.36. The molecule has 11 rings (SSSR count). The van der Waals surface area contributed by atoms with Gasteiger partial charge in [0.2, 0.25) is 0 Å². The summed E-state index contributed by atoms with van der Waals surface area (Å²) >= 11 is 0. The third-order valence-electron chi connectivity index (χ3n) is 10.8. The average Bonchev–Trinajstić information content (AvgIpc) is 3.55. The Labute approximate surface area is 307 Å². The van der Waals surface area contributed by atoms with Gasteiger partial charge >= 0.3 is 0 Å². The van der Waals surface area contributed by atoms with Gasteiger partial charge in [0.15, 0.2) is 0 Å². The Balaban J connectivity index is 1.05. The molecule has 248 valence electrons. The summed E-state index contributed by atoms with van der Waals surface area (Å²) in [7, 11) is 0. The average molecular weight is 676 g/mol. The lowest BCUT2D eigenvalue weighted by Crippen LogP contribution is -2.09. The van der Waals surface area contributed by atoms with Gasteiger partial charge in [-0.3, -0.25) is 0 Å². The molecular weight excluding hydrogens is 643 g/mol. The van der Waals surface area contributed by atoms with Gasteiger partial charge in [-0.05, 0) is 118 Å². The van der Waals surface area contributed by atoms with Crippen molar-refractivity contribution in [1.29, 1.82) is 0 Å². The molecule has 0 aliphatic carbocycles. The summed E-state index contributed by atoms with van der Waals surface area (Å²) < 4.78 is 2.37. The molecule has 0 radical (unpaired) electrons. The maximum atomic E-state index is 3.73. The monoisotopic (exact) mass is 675 g/mol. The quantitative estimate of drug-likeness (QED) is 0.196. The maximum Gasteiger partial charge on any atom is 0.0542 e. The van der Waals surface area contributed by atoms with Crippen molar-refractivity contribution in [2.24, 2.45) is 0 Å². The number of nitrogens with zero attached hydrogens (tertiary/aromatic N) is 2. The molecule has 0 unspecified atom stereocenters. The van der Waals surface area contributed by atoms with Crippen LogP contribution in [0.2, 0.25) is 0 Å². The lowest BCUT2D eigenvalue weighted by molar-refractivity contribution is 1.18. The Morgan fingerprint density at radius 1 is 0.396 bits per heavy atom. The van der Waals surface area contributed by atoms with E-state index in [1.54, 1.807) is 0 Å². The second-order valence-electron chi connectivity index (χ2n) is 13.9. The fraction of sp³-hybridized carbons (Fsp3) is 0. The summed E-state index contributed by atoms with van der Waals surface area (Å²) in [6, 6.07) is 70.4. The van der Waals surface area contributed by atoms with E-state index in [9.17, 15) is 0 Å². The number of nitrogens with one attached hydrogen (secondary N) is 1. The van der Waals surface area contributed by atoms with E-state index in [2.05, 4.69) is 209 Å². The van der Waals surface area contributed by atoms with E-state index in [0.717, 1.165) is 34.1 Å². The van der Waals surface area contributed by atoms with Crippen LogP contribution < -0.4 is 10.2 Å². The Kier molecular flexibility index (Phi) is 6.55. The number of anilines is 5. The smallest absolute Gasteiger partial charge is 0.0542 e. The van der Waals surface area contributed by atoms with Crippen LogP contribution in [0.15, 0.2) is 194 Å². The largest absolute Gasteiger partial charge is 0.354 e. The molecule has 3 nitrogen and oxygen atoms in total. The van der Waals surface area contributed by atoms with Crippen molar-refractivity contribution in [2.75, 3.05) is 10.2 Å². The fourth-order valence-electron chi connectivity index (χ4n) is 8.49. The summed E-state index contributed by atoms with van der Waals surface area (Å²) in [6.07, 6.45) is 0. The molecule has 3 heteroatoms. The van der Waals surface area contributed by atoms with E-state index in [-0.39, 0.29) is 0 Å². The first kappa shape index (κ1) is 29.6. The van der Waals surface area contributed by atoms with Crippen molar-refractivity contribution in [1.82, 2.24) is 4.57 Å². The van der Waals surface area contributed by atoms with Crippen LogP contribution in [0.4, 0.5) is 28.4 Å². The third-order valence-corrected chi connectivity index (χ3v) is 10.8. The number of fused-ring (bicyclic) bond motifs is 7. The van der Waals surface area contributed by atoms with Crippen molar-refractivity contribution in [2.45, 2.75) is 0 Å². The van der Waals surface area contributed by atoms with Crippen LogP contribution in [0.5, 0.6) is 0 Å². The molecule has 1 aliphatic heterocycles. The van der Waals surface area contributed by atoms with Gasteiger partial charge in [-0.15, -0.1) is 0 Å². The predicted molar refractivity (Wildman–Crippen MR) is 225 cm³/mol. The van der Waals surface area contributed by atoms with Crippen molar-refractivity contribution in [3.63, 3.8) is 0 Å². The highest BCUT2D eigenvalue weighted by Gasteiger charge is 2.22. The van der Waals surface area contributed by atoms with Crippen molar-refractivity contribution < 1.29 is 0 Å². The Morgan fingerprint density at radius 3 is 1.92 bits per heavy atom. The minimum atomic E-state index is 1.11. The lowest BCUT2D eigenvalue weighted by atomic mass is 9.86. The second-order valence-corrected chi connectivity index (χ2v) is 13.9. The molecule has 10 aromatic rings. The predicted octanol–water partition coefficient (Wildman–Crippen LogP) is 14.0. The molecule has 0 atom stereocenters. The highest BCUT2D eigenvalue weighted by atomic mass is 15.1. The number of hydrogen-bond acceptors (Lipinski definition) is 2. The first-order chi connectivity index (χ1) is 26.3. The summed E-state index contributed by atoms with van der Waals surface area (Å²) in [5.41, 5.74) is 14.1. The summed E-state index contributed by atoms with van der Waals surface area (Å²) in [6.45, 7) is 0. The van der Waals surface area contributed by atoms with Crippen LogP contribution >= 0.6 is 0 Å². The van der Waals surface area contributed by atoms with E-state index >= 15 is 0 Å². The lowest BCUT2D eigenvalue weighted by Gasteiger charge is -2.26. The van der Waals surface area contributed by atoms with Gasteiger partial charge in [0.25, 0.3) is 0 Å². The van der Waals surface area contributed by atoms with Crippen LogP contribution in [0.1, 0.15) is 0 Å². The number of para-hydroxylation sites is 3. The van der Waals surface area contributed by atoms with E-state index < -0.39 is 0 Å². The van der Waals surface area contributed by atoms with E-state index in [4.69, 9.17) is 0 Å². The van der Waals surface area contributed by atoms with Gasteiger partial charge in [-0.2, -0.15) is 0 Å². The Bertz CT molecular complexity index is 3010. The van der Waals surface area contributed by atoms with Gasteiger partial charge in [0, 0.05) is 55.8 Å². The van der Waals surface area contributed by atoms with E-state index in [0.29, 0.717) is 0 Å². The fourth-order valence-corrected chi connectivity index (χ4v) is 8.49. The van der Waals surface area contributed by atoms with Gasteiger partial charge in [0.1, 0.15) is 0 Å². The molecule has 2 heterocycles. The molecule has 0 spiro atoms. The van der Waals surface area contributed by atoms with Crippen LogP contribution in [0.3, 0.4) is 0 Å². The zero-order chi connectivity index (χ0) is 34.9. The summed E-state index contributed by atoms with van der Waals surface area (Å²) in [5, 5.41) is 11.2. The molecule has 0 fully saturated rings. The Hall–Kier alpha value is -7.10. The number of rotatable bonds is 5. The molecule has 9 aromatic carbocycles. The topological polar surface area (TPSA) is 20.2 Å². The van der Waals surface area contributed by atoms with Gasteiger partial charge in [-0.25, -0.2) is 0 Å². The van der Waals surface area contributed by atoms with Crippen LogP contribution in [0.25, 0.3) is 71.3 Å². The number of benzene rings is 9. The first-order valence-corrected chi connectivity index (χ1v) is 18.2. The van der Waals surface area contributed by atoms with Crippen molar-refractivity contribution in [3.05, 3.63) is 194 Å². The highest BCUT2D eigenvalue weighted by Crippen LogP contribution is 2.49. The third kappa shape index (κ3) is 4.68. The molecule has 1 aromatic heterocycles. The number of hydrogen-bond donors (Lipinski definition) is 1. The minimum Gasteiger partial charge on any atom is -0.354 e. The SMILES string of the molecule is c1ccc(N(c2ccc(-c3cc4c5c(cccc5c3)Nc3ccc5ccccc5c3-4)cc2)c2ccc3c(c2)c2ccccc2n3-c2ccccc2)cc1. The molecule has 0 bridgehead atoms. The molecule has 0 saturated carbocycles. The Morgan fingerprint density at radius 2 is 1.08 bits per heavy atom. The van der Waals surface area contributed by atoms with E-state index in [1.165, 1.54) is 65.6 Å². The zero-order valence-corrected chi connectivity index (χ0v) is 28.9. The van der Waals surface area contributed by atoms with Crippen LogP contribution in [0, 0.1) is 0 Å². The maximum absolute atomic E-state index is 3.73. The molecule has 1 aliphatic rings. The van der Waals surface area contributed by atoms with Crippen molar-refractivity contribution in [3.8, 4) is 27.9 Å². The molecule has 0 amide bonds. The van der Waals surface area contributed by atoms with Crippen LogP contribution in [-0.4, -0.2) is 4.57 Å². The van der Waals surface area contributed by atoms with Gasteiger partial charge in [-0.1, -0.05) is 109 Å². The van der Waals surface area contributed by atoms with Gasteiger partial charge < -0.3 is 14.8 Å². The van der Waals surface area contributed by atoms with Crippen LogP contribution in [-0.2, 0) is 0 Å². The van der Waals surface area contributed by atoms with Gasteiger partial charge in [0.05, 0.1) is 11.0 Å². The molecule has 53 heavy (non-hydrogen) atoms. The second kappa shape index (κ2) is 11.7. The highest BCUT2D eigenvalue weighted by molar-refractivity contribution is 6.18. The minimum absolute atomic E-state index is 1.11. The number of aromatic nitrogens is 1. The zero-order valence-electron chi connectivity index (χ0n) is 28.9. The normalized spacial score (nSPS) is 11.9.